The molecule has 0 amide bonds. The number of aliphatic hydroxyl groups excluding tert-OH is 1. The lowest BCUT2D eigenvalue weighted by Gasteiger charge is -2.60. The van der Waals surface area contributed by atoms with Crippen molar-refractivity contribution in [3.63, 3.8) is 0 Å². The highest BCUT2D eigenvalue weighted by atomic mass is 16.6. The summed E-state index contributed by atoms with van der Waals surface area (Å²) < 4.78 is 39.2. The average molecular weight is 749 g/mol. The topological polar surface area (TPSA) is 228 Å². The largest absolute Gasteiger partial charge is 0.472 e. The number of furan rings is 1. The Morgan fingerprint density at radius 1 is 1.09 bits per heavy atom. The van der Waals surface area contributed by atoms with Crippen molar-refractivity contribution >= 4 is 42.1 Å². The Hall–Kier alpha value is -4.57. The first-order valence-corrected chi connectivity index (χ1v) is 17.2. The van der Waals surface area contributed by atoms with Gasteiger partial charge in [0.05, 0.1) is 31.5 Å². The first-order valence-electron chi connectivity index (χ1n) is 17.2. The number of aliphatic hydroxyl groups is 2. The van der Waals surface area contributed by atoms with Crippen LogP contribution in [0.25, 0.3) is 0 Å². The molecule has 1 aromatic rings. The number of Topliss-reactive ketones (excluding diaryl/α,β-unsaturated/α-hetero) is 1. The van der Waals surface area contributed by atoms with Crippen LogP contribution >= 0.6 is 0 Å². The van der Waals surface area contributed by atoms with Crippen molar-refractivity contribution in [2.45, 2.75) is 109 Å². The molecule has 12 unspecified atom stereocenters. The number of ketones is 1. The van der Waals surface area contributed by atoms with Gasteiger partial charge in [-0.05, 0) is 30.0 Å². The molecule has 3 fully saturated rings. The van der Waals surface area contributed by atoms with Crippen molar-refractivity contribution in [1.29, 1.82) is 0 Å². The molecule has 0 bridgehead atoms. The Labute approximate surface area is 306 Å². The van der Waals surface area contributed by atoms with Gasteiger partial charge in [-0.15, -0.1) is 0 Å². The second kappa shape index (κ2) is 15.0. The quantitative estimate of drug-likeness (QED) is 0.135. The van der Waals surface area contributed by atoms with Crippen molar-refractivity contribution in [3.8, 4) is 0 Å². The number of esters is 5. The smallest absolute Gasteiger partial charge is 0.335 e. The van der Waals surface area contributed by atoms with Gasteiger partial charge < -0.3 is 43.1 Å². The third kappa shape index (κ3) is 6.64. The lowest BCUT2D eigenvalue weighted by Crippen LogP contribution is -2.72. The molecular formula is C37H48O16. The van der Waals surface area contributed by atoms with E-state index in [1.165, 1.54) is 33.3 Å². The molecule has 1 aromatic heterocycles. The molecule has 1 saturated heterocycles. The van der Waals surface area contributed by atoms with Crippen LogP contribution in [0.4, 0.5) is 0 Å². The van der Waals surface area contributed by atoms with Gasteiger partial charge in [-0.3, -0.25) is 28.8 Å². The molecule has 2 aliphatic carbocycles. The third-order valence-electron chi connectivity index (χ3n) is 11.8. The van der Waals surface area contributed by atoms with Gasteiger partial charge in [-0.25, -0.2) is 4.79 Å². The predicted molar refractivity (Wildman–Crippen MR) is 178 cm³/mol. The Kier molecular flexibility index (Phi) is 11.7. The van der Waals surface area contributed by atoms with Gasteiger partial charge in [0.2, 0.25) is 0 Å². The van der Waals surface area contributed by atoms with E-state index in [0.717, 1.165) is 21.0 Å². The summed E-state index contributed by atoms with van der Waals surface area (Å²) in [5.74, 6) is -10.8. The molecular weight excluding hydrogens is 700 g/mol. The summed E-state index contributed by atoms with van der Waals surface area (Å²) in [6.45, 7) is 13.0. The maximum absolute atomic E-state index is 14.4. The van der Waals surface area contributed by atoms with Gasteiger partial charge in [0.25, 0.3) is 6.47 Å². The van der Waals surface area contributed by atoms with Crippen molar-refractivity contribution in [2.75, 3.05) is 13.7 Å². The third-order valence-corrected chi connectivity index (χ3v) is 11.8. The molecule has 53 heavy (non-hydrogen) atoms. The predicted octanol–water partition coefficient (Wildman–Crippen LogP) is 2.12. The number of rotatable bonds is 12. The standard InChI is InChI=1S/C37H48O16/c1-10-18(2)28(43)32(44)52-31-29(50-17-38)27(19(3)37(46)24(41)13-23(36(31,37)8)22-11-12-48-15-22)35(7)25(51-21(5)40)14-26(42)53-34(6,16-49-20(4)39)30(35)33(45)47-9/h11-12,15,17-18,23,25,27-31,43,46H,3,10,13-14,16H2,1-2,4-9H3. The molecule has 16 nitrogen and oxygen atoms in total. The van der Waals surface area contributed by atoms with Crippen LogP contribution in [-0.4, -0.2) is 102 Å². The van der Waals surface area contributed by atoms with E-state index in [0.29, 0.717) is 12.0 Å². The zero-order valence-corrected chi connectivity index (χ0v) is 31.1. The van der Waals surface area contributed by atoms with Gasteiger partial charge in [0.1, 0.15) is 30.8 Å². The first-order chi connectivity index (χ1) is 24.7. The minimum absolute atomic E-state index is 0.0298. The lowest BCUT2D eigenvalue weighted by atomic mass is 9.47. The van der Waals surface area contributed by atoms with E-state index in [1.807, 2.05) is 0 Å². The number of methoxy groups -OCH3 is 1. The summed E-state index contributed by atoms with van der Waals surface area (Å²) in [5, 5.41) is 24.0. The van der Waals surface area contributed by atoms with Gasteiger partial charge in [0, 0.05) is 37.5 Å². The average Bonchev–Trinajstić information content (AvgIpc) is 3.68. The zero-order chi connectivity index (χ0) is 39.8. The maximum Gasteiger partial charge on any atom is 0.335 e. The molecule has 0 spiro atoms. The number of cyclic esters (lactones) is 1. The fraction of sp³-hybridized carbons (Fsp3) is 0.649. The second-order valence-electron chi connectivity index (χ2n) is 14.8. The molecule has 0 radical (unpaired) electrons. The van der Waals surface area contributed by atoms with Crippen molar-refractivity contribution in [1.82, 2.24) is 0 Å². The van der Waals surface area contributed by atoms with E-state index < -0.39 is 119 Å². The SMILES string of the molecule is C=C1C(C2(C)C(OC(C)=O)CC(=O)OC(C)(COC(C)=O)C2C(=O)OC)C(OC=O)C(OC(=O)C(O)C(C)CC)C2(C)C(c3ccoc3)CC(=O)C12O. The normalized spacial score (nSPS) is 36.5. The van der Waals surface area contributed by atoms with Gasteiger partial charge >= 0.3 is 29.8 Å². The van der Waals surface area contributed by atoms with Crippen molar-refractivity contribution in [2.24, 2.45) is 28.6 Å². The van der Waals surface area contributed by atoms with Gasteiger partial charge in [0.15, 0.2) is 23.1 Å². The summed E-state index contributed by atoms with van der Waals surface area (Å²) in [4.78, 5) is 93.2. The maximum atomic E-state index is 14.4. The number of carbonyl (C=O) groups excluding carboxylic acids is 7. The van der Waals surface area contributed by atoms with Crippen LogP contribution in [0.1, 0.15) is 79.2 Å². The van der Waals surface area contributed by atoms with E-state index >= 15 is 0 Å². The molecule has 2 saturated carbocycles. The van der Waals surface area contributed by atoms with Crippen LogP contribution in [-0.2, 0) is 62.0 Å². The van der Waals surface area contributed by atoms with Gasteiger partial charge in [-0.2, -0.15) is 0 Å². The van der Waals surface area contributed by atoms with Crippen LogP contribution in [0.2, 0.25) is 0 Å². The minimum atomic E-state index is -2.64. The van der Waals surface area contributed by atoms with Crippen LogP contribution in [0.15, 0.2) is 35.2 Å². The molecule has 12 atom stereocenters. The van der Waals surface area contributed by atoms with Crippen LogP contribution in [0.5, 0.6) is 0 Å². The molecule has 292 valence electrons. The molecule has 4 rings (SSSR count). The molecule has 2 heterocycles. The van der Waals surface area contributed by atoms with Crippen molar-refractivity contribution < 1.29 is 76.6 Å². The fourth-order valence-electron chi connectivity index (χ4n) is 8.99. The highest BCUT2D eigenvalue weighted by Crippen LogP contribution is 2.68. The number of hydrogen-bond acceptors (Lipinski definition) is 16. The van der Waals surface area contributed by atoms with Crippen LogP contribution < -0.4 is 0 Å². The summed E-state index contributed by atoms with van der Waals surface area (Å²) in [6, 6.07) is 1.55. The van der Waals surface area contributed by atoms with E-state index in [4.69, 9.17) is 32.8 Å². The molecule has 2 N–H and O–H groups in total. The Morgan fingerprint density at radius 3 is 2.28 bits per heavy atom. The zero-order valence-electron chi connectivity index (χ0n) is 31.1. The first kappa shape index (κ1) is 41.2. The number of hydrogen-bond donors (Lipinski definition) is 2. The Morgan fingerprint density at radius 2 is 1.75 bits per heavy atom. The lowest BCUT2D eigenvalue weighted by molar-refractivity contribution is -0.240. The Balaban J connectivity index is 2.13. The molecule has 1 aliphatic heterocycles. The minimum Gasteiger partial charge on any atom is -0.472 e. The Bertz CT molecular complexity index is 1630. The van der Waals surface area contributed by atoms with E-state index in [2.05, 4.69) is 6.58 Å². The molecule has 16 heteroatoms. The number of fused-ring (bicyclic) bond motifs is 1. The number of carbonyl (C=O) groups is 7. The monoisotopic (exact) mass is 748 g/mol. The summed E-state index contributed by atoms with van der Waals surface area (Å²) in [7, 11) is 1.03. The summed E-state index contributed by atoms with van der Waals surface area (Å²) in [6.07, 6.45) is -4.98. The summed E-state index contributed by atoms with van der Waals surface area (Å²) in [5.41, 5.74) is -8.66. The van der Waals surface area contributed by atoms with E-state index in [9.17, 15) is 43.8 Å². The highest BCUT2D eigenvalue weighted by Gasteiger charge is 2.78. The summed E-state index contributed by atoms with van der Waals surface area (Å²) >= 11 is 0. The van der Waals surface area contributed by atoms with Crippen LogP contribution in [0.3, 0.4) is 0 Å². The number of ether oxygens (including phenoxy) is 6. The van der Waals surface area contributed by atoms with Crippen LogP contribution in [0, 0.1) is 28.6 Å². The van der Waals surface area contributed by atoms with Crippen molar-refractivity contribution in [3.05, 3.63) is 36.3 Å². The molecule has 0 aromatic carbocycles. The van der Waals surface area contributed by atoms with E-state index in [-0.39, 0.29) is 18.5 Å². The second-order valence-corrected chi connectivity index (χ2v) is 14.8. The van der Waals surface area contributed by atoms with Gasteiger partial charge in [-0.1, -0.05) is 40.7 Å². The fourth-order valence-corrected chi connectivity index (χ4v) is 8.99. The highest BCUT2D eigenvalue weighted by molar-refractivity contribution is 5.96. The molecule has 3 aliphatic rings. The van der Waals surface area contributed by atoms with E-state index in [1.54, 1.807) is 19.9 Å².